The normalized spacial score (nSPS) is 16.1. The highest BCUT2D eigenvalue weighted by Crippen LogP contribution is 2.24. The second kappa shape index (κ2) is 9.38. The molecule has 31 heavy (non-hydrogen) atoms. The van der Waals surface area contributed by atoms with Crippen molar-refractivity contribution in [2.45, 2.75) is 24.8 Å². The molecule has 0 aromatic heterocycles. The molecule has 0 bridgehead atoms. The fraction of sp³-hybridized carbons (Fsp3) is 0.364. The minimum absolute atomic E-state index is 0.0592. The molecule has 1 saturated heterocycles. The number of benzene rings is 2. The van der Waals surface area contributed by atoms with E-state index in [-0.39, 0.29) is 35.8 Å². The van der Waals surface area contributed by atoms with E-state index in [1.165, 1.54) is 35.5 Å². The molecule has 1 aliphatic rings. The third kappa shape index (κ3) is 5.08. The Bertz CT molecular complexity index is 1060. The van der Waals surface area contributed by atoms with E-state index >= 15 is 0 Å². The number of rotatable bonds is 5. The van der Waals surface area contributed by atoms with E-state index in [1.807, 2.05) is 25.1 Å². The summed E-state index contributed by atoms with van der Waals surface area (Å²) in [5.41, 5.74) is 1.31. The molecular weight excluding hydrogens is 438 g/mol. The summed E-state index contributed by atoms with van der Waals surface area (Å²) in [5, 5.41) is 0.601. The van der Waals surface area contributed by atoms with Gasteiger partial charge in [0.25, 0.3) is 5.91 Å². The molecule has 0 spiro atoms. The van der Waals surface area contributed by atoms with Crippen LogP contribution in [-0.4, -0.2) is 67.6 Å². The van der Waals surface area contributed by atoms with Gasteiger partial charge in [-0.15, -0.1) is 0 Å². The lowest BCUT2D eigenvalue weighted by atomic mass is 10.1. The molecule has 9 heteroatoms. The van der Waals surface area contributed by atoms with E-state index in [2.05, 4.69) is 0 Å². The maximum absolute atomic E-state index is 12.9. The van der Waals surface area contributed by atoms with Crippen LogP contribution in [0, 0.1) is 0 Å². The molecule has 7 nitrogen and oxygen atoms in total. The molecular formula is C22H26ClN3O4S. The van der Waals surface area contributed by atoms with Crippen LogP contribution in [0.4, 0.5) is 0 Å². The second-order valence-corrected chi connectivity index (χ2v) is 9.96. The minimum atomic E-state index is -3.68. The molecule has 1 unspecified atom stereocenters. The van der Waals surface area contributed by atoms with Gasteiger partial charge in [0.15, 0.2) is 0 Å². The third-order valence-electron chi connectivity index (χ3n) is 5.66. The lowest BCUT2D eigenvalue weighted by Gasteiger charge is -2.33. The van der Waals surface area contributed by atoms with E-state index in [0.29, 0.717) is 23.7 Å². The Morgan fingerprint density at radius 1 is 1.03 bits per heavy atom. The molecule has 0 N–H and O–H groups in total. The number of hydrogen-bond donors (Lipinski definition) is 0. The van der Waals surface area contributed by atoms with Crippen molar-refractivity contribution < 1.29 is 18.0 Å². The quantitative estimate of drug-likeness (QED) is 0.682. The maximum Gasteiger partial charge on any atom is 0.254 e. The SMILES string of the molecule is CC(=O)N1CCN(S(=O)(=O)c2ccc(C(=O)N(C)C(C)c3cccc(Cl)c3)cc2)CC1. The highest BCUT2D eigenvalue weighted by molar-refractivity contribution is 7.89. The molecule has 0 radical (unpaired) electrons. The van der Waals surface area contributed by atoms with Crippen molar-refractivity contribution in [3.63, 3.8) is 0 Å². The molecule has 2 aromatic carbocycles. The van der Waals surface area contributed by atoms with Gasteiger partial charge in [0.1, 0.15) is 0 Å². The fourth-order valence-electron chi connectivity index (χ4n) is 3.53. The van der Waals surface area contributed by atoms with Crippen molar-refractivity contribution in [2.75, 3.05) is 33.2 Å². The Labute approximate surface area is 188 Å². The van der Waals surface area contributed by atoms with Crippen molar-refractivity contribution in [1.82, 2.24) is 14.1 Å². The van der Waals surface area contributed by atoms with Crippen LogP contribution in [0.3, 0.4) is 0 Å². The van der Waals surface area contributed by atoms with Crippen LogP contribution in [0.1, 0.15) is 35.8 Å². The van der Waals surface area contributed by atoms with Crippen LogP contribution < -0.4 is 0 Å². The Balaban J connectivity index is 1.72. The maximum atomic E-state index is 12.9. The first-order chi connectivity index (χ1) is 14.6. The van der Waals surface area contributed by atoms with Gasteiger partial charge < -0.3 is 9.80 Å². The number of halogens is 1. The summed E-state index contributed by atoms with van der Waals surface area (Å²) in [7, 11) is -1.98. The summed E-state index contributed by atoms with van der Waals surface area (Å²) in [6, 6.07) is 13.1. The van der Waals surface area contributed by atoms with Crippen LogP contribution >= 0.6 is 11.6 Å². The Morgan fingerprint density at radius 3 is 2.19 bits per heavy atom. The average Bonchev–Trinajstić information content (AvgIpc) is 2.77. The zero-order valence-corrected chi connectivity index (χ0v) is 19.4. The summed E-state index contributed by atoms with van der Waals surface area (Å²) >= 11 is 6.05. The highest BCUT2D eigenvalue weighted by atomic mass is 35.5. The van der Waals surface area contributed by atoms with Gasteiger partial charge in [-0.1, -0.05) is 23.7 Å². The van der Waals surface area contributed by atoms with Gasteiger partial charge in [-0.25, -0.2) is 8.42 Å². The van der Waals surface area contributed by atoms with Gasteiger partial charge in [0, 0.05) is 50.7 Å². The Hall–Kier alpha value is -2.42. The van der Waals surface area contributed by atoms with Crippen LogP contribution in [-0.2, 0) is 14.8 Å². The smallest absolute Gasteiger partial charge is 0.254 e. The van der Waals surface area contributed by atoms with Gasteiger partial charge in [0.2, 0.25) is 15.9 Å². The lowest BCUT2D eigenvalue weighted by Crippen LogP contribution is -2.49. The zero-order chi connectivity index (χ0) is 22.8. The van der Waals surface area contributed by atoms with Crippen molar-refractivity contribution in [1.29, 1.82) is 0 Å². The Morgan fingerprint density at radius 2 is 1.65 bits per heavy atom. The lowest BCUT2D eigenvalue weighted by molar-refractivity contribution is -0.129. The molecule has 1 fully saturated rings. The molecule has 0 saturated carbocycles. The molecule has 166 valence electrons. The van der Waals surface area contributed by atoms with E-state index in [4.69, 9.17) is 11.6 Å². The van der Waals surface area contributed by atoms with Gasteiger partial charge in [-0.2, -0.15) is 4.31 Å². The number of hydrogen-bond acceptors (Lipinski definition) is 4. The summed E-state index contributed by atoms with van der Waals surface area (Å²) in [6.07, 6.45) is 0. The second-order valence-electron chi connectivity index (χ2n) is 7.58. The molecule has 0 aliphatic carbocycles. The molecule has 3 rings (SSSR count). The molecule has 1 aliphatic heterocycles. The largest absolute Gasteiger partial charge is 0.340 e. The van der Waals surface area contributed by atoms with Crippen molar-refractivity contribution in [3.8, 4) is 0 Å². The van der Waals surface area contributed by atoms with Crippen LogP contribution in [0.2, 0.25) is 5.02 Å². The van der Waals surface area contributed by atoms with E-state index < -0.39 is 10.0 Å². The predicted molar refractivity (Wildman–Crippen MR) is 119 cm³/mol. The monoisotopic (exact) mass is 463 g/mol. The first kappa shape index (κ1) is 23.2. The van der Waals surface area contributed by atoms with Crippen molar-refractivity contribution in [2.24, 2.45) is 0 Å². The van der Waals surface area contributed by atoms with E-state index in [0.717, 1.165) is 5.56 Å². The topological polar surface area (TPSA) is 78.0 Å². The number of carbonyl (C=O) groups excluding carboxylic acids is 2. The summed E-state index contributed by atoms with van der Waals surface area (Å²) < 4.78 is 27.2. The summed E-state index contributed by atoms with van der Waals surface area (Å²) in [5.74, 6) is -0.275. The number of sulfonamides is 1. The predicted octanol–water partition coefficient (Wildman–Crippen LogP) is 3.03. The number of amides is 2. The average molecular weight is 464 g/mol. The number of carbonyl (C=O) groups is 2. The Kier molecular flexibility index (Phi) is 7.03. The van der Waals surface area contributed by atoms with Crippen LogP contribution in [0.5, 0.6) is 0 Å². The number of piperazine rings is 1. The zero-order valence-electron chi connectivity index (χ0n) is 17.8. The van der Waals surface area contributed by atoms with Crippen LogP contribution in [0.25, 0.3) is 0 Å². The van der Waals surface area contributed by atoms with Gasteiger partial charge >= 0.3 is 0 Å². The number of nitrogens with zero attached hydrogens (tertiary/aromatic N) is 3. The first-order valence-corrected chi connectivity index (χ1v) is 11.8. The molecule has 1 atom stereocenters. The standard InChI is InChI=1S/C22H26ClN3O4S/c1-16(19-5-4-6-20(23)15-19)24(3)22(28)18-7-9-21(10-8-18)31(29,30)26-13-11-25(12-14-26)17(2)27/h4-10,15-16H,11-14H2,1-3H3. The molecule has 2 aromatic rings. The van der Waals surface area contributed by atoms with Gasteiger partial charge in [-0.3, -0.25) is 9.59 Å². The first-order valence-electron chi connectivity index (χ1n) is 9.99. The van der Waals surface area contributed by atoms with Crippen molar-refractivity contribution >= 4 is 33.4 Å². The third-order valence-corrected chi connectivity index (χ3v) is 7.80. The summed E-state index contributed by atoms with van der Waals surface area (Å²) in [4.78, 5) is 27.7. The van der Waals surface area contributed by atoms with Gasteiger partial charge in [0.05, 0.1) is 10.9 Å². The van der Waals surface area contributed by atoms with E-state index in [9.17, 15) is 18.0 Å². The fourth-order valence-corrected chi connectivity index (χ4v) is 5.15. The van der Waals surface area contributed by atoms with Gasteiger partial charge in [-0.05, 0) is 48.9 Å². The molecule has 2 amide bonds. The minimum Gasteiger partial charge on any atom is -0.340 e. The molecule has 1 heterocycles. The summed E-state index contributed by atoms with van der Waals surface area (Å²) in [6.45, 7) is 4.63. The van der Waals surface area contributed by atoms with E-state index in [1.54, 1.807) is 22.9 Å². The van der Waals surface area contributed by atoms with Crippen molar-refractivity contribution in [3.05, 3.63) is 64.7 Å². The van der Waals surface area contributed by atoms with Crippen LogP contribution in [0.15, 0.2) is 53.4 Å². The highest BCUT2D eigenvalue weighted by Gasteiger charge is 2.29.